The van der Waals surface area contributed by atoms with E-state index in [1.165, 1.54) is 12.8 Å². The standard InChI is InChI=1S/C21H29F3N6O.HI/c1-14-8-9-16(18(10-14)31-13-21(22,23)24)11-25-20(27-17-6-4-5-7-17)26-12-19-29-28-15(2)30(19)3;/h8-10,17H,4-7,11-13H2,1-3H3,(H2,25,26,27);1H. The lowest BCUT2D eigenvalue weighted by Gasteiger charge is -2.18. The molecule has 0 saturated heterocycles. The second-order valence-corrected chi connectivity index (χ2v) is 7.88. The molecular formula is C21H30F3IN6O. The zero-order chi connectivity index (χ0) is 22.4. The number of rotatable bonds is 7. The lowest BCUT2D eigenvalue weighted by molar-refractivity contribution is -0.153. The Kier molecular flexibility index (Phi) is 9.59. The zero-order valence-corrected chi connectivity index (χ0v) is 20.8. The highest BCUT2D eigenvalue weighted by atomic mass is 127. The van der Waals surface area contributed by atoms with E-state index >= 15 is 0 Å². The Balaban J connectivity index is 0.00000363. The molecule has 1 heterocycles. The molecule has 2 N–H and O–H groups in total. The van der Waals surface area contributed by atoms with Gasteiger partial charge in [0, 0.05) is 18.7 Å². The first kappa shape index (κ1) is 26.2. The first-order valence-corrected chi connectivity index (χ1v) is 10.4. The molecule has 0 radical (unpaired) electrons. The van der Waals surface area contributed by atoms with Gasteiger partial charge in [-0.15, -0.1) is 34.2 Å². The fraction of sp³-hybridized carbons (Fsp3) is 0.571. The summed E-state index contributed by atoms with van der Waals surface area (Å²) in [5.74, 6) is 2.37. The van der Waals surface area contributed by atoms with Crippen molar-refractivity contribution >= 4 is 29.9 Å². The molecule has 2 aromatic rings. The molecule has 1 aliphatic carbocycles. The Labute approximate surface area is 203 Å². The predicted octanol–water partition coefficient (Wildman–Crippen LogP) is 4.17. The van der Waals surface area contributed by atoms with Crippen LogP contribution in [0.2, 0.25) is 0 Å². The summed E-state index contributed by atoms with van der Waals surface area (Å²) in [5.41, 5.74) is 1.42. The molecule has 3 rings (SSSR count). The Morgan fingerprint density at radius 3 is 2.56 bits per heavy atom. The van der Waals surface area contributed by atoms with Crippen molar-refractivity contribution in [1.29, 1.82) is 0 Å². The number of aliphatic imine (C=N–C) groups is 1. The van der Waals surface area contributed by atoms with Crippen molar-refractivity contribution < 1.29 is 17.9 Å². The molecule has 7 nitrogen and oxygen atoms in total. The monoisotopic (exact) mass is 566 g/mol. The molecule has 11 heteroatoms. The quantitative estimate of drug-likeness (QED) is 0.299. The summed E-state index contributed by atoms with van der Waals surface area (Å²) in [6.45, 7) is 2.98. The maximum absolute atomic E-state index is 12.6. The van der Waals surface area contributed by atoms with Gasteiger partial charge in [-0.1, -0.05) is 25.0 Å². The van der Waals surface area contributed by atoms with Crippen LogP contribution >= 0.6 is 24.0 Å². The molecule has 1 fully saturated rings. The van der Waals surface area contributed by atoms with E-state index in [4.69, 9.17) is 4.74 Å². The highest BCUT2D eigenvalue weighted by Gasteiger charge is 2.28. The maximum Gasteiger partial charge on any atom is 0.422 e. The van der Waals surface area contributed by atoms with Crippen LogP contribution in [0.3, 0.4) is 0 Å². The topological polar surface area (TPSA) is 76.4 Å². The molecule has 0 atom stereocenters. The fourth-order valence-corrected chi connectivity index (χ4v) is 3.43. The van der Waals surface area contributed by atoms with E-state index in [0.29, 0.717) is 24.1 Å². The number of benzene rings is 1. The van der Waals surface area contributed by atoms with Crippen molar-refractivity contribution in [3.63, 3.8) is 0 Å². The smallest absolute Gasteiger partial charge is 0.422 e. The minimum absolute atomic E-state index is 0. The lowest BCUT2D eigenvalue weighted by atomic mass is 10.1. The highest BCUT2D eigenvalue weighted by Crippen LogP contribution is 2.24. The number of hydrogen-bond donors (Lipinski definition) is 2. The van der Waals surface area contributed by atoms with Crippen molar-refractivity contribution in [2.24, 2.45) is 12.0 Å². The summed E-state index contributed by atoms with van der Waals surface area (Å²) in [6.07, 6.45) is 0.0688. The third kappa shape index (κ3) is 7.82. The summed E-state index contributed by atoms with van der Waals surface area (Å²) in [6, 6.07) is 5.53. The number of ether oxygens (including phenoxy) is 1. The molecule has 0 spiro atoms. The van der Waals surface area contributed by atoms with Crippen LogP contribution in [0.5, 0.6) is 5.75 Å². The van der Waals surface area contributed by atoms with Gasteiger partial charge in [-0.25, -0.2) is 4.99 Å². The van der Waals surface area contributed by atoms with Crippen LogP contribution in [0.1, 0.15) is 48.5 Å². The van der Waals surface area contributed by atoms with Gasteiger partial charge >= 0.3 is 6.18 Å². The van der Waals surface area contributed by atoms with Crippen LogP contribution in [0, 0.1) is 13.8 Å². The number of nitrogens with zero attached hydrogens (tertiary/aromatic N) is 4. The molecule has 0 unspecified atom stereocenters. The number of halogens is 4. The zero-order valence-electron chi connectivity index (χ0n) is 18.5. The van der Waals surface area contributed by atoms with Gasteiger partial charge in [-0.05, 0) is 38.3 Å². The van der Waals surface area contributed by atoms with E-state index in [2.05, 4.69) is 25.8 Å². The Morgan fingerprint density at radius 1 is 1.22 bits per heavy atom. The molecule has 1 aromatic heterocycles. The summed E-state index contributed by atoms with van der Waals surface area (Å²) < 4.78 is 44.8. The molecule has 1 aromatic carbocycles. The van der Waals surface area contributed by atoms with Crippen LogP contribution in [0.4, 0.5) is 13.2 Å². The van der Waals surface area contributed by atoms with Gasteiger partial charge in [0.2, 0.25) is 0 Å². The first-order valence-electron chi connectivity index (χ1n) is 10.4. The predicted molar refractivity (Wildman–Crippen MR) is 127 cm³/mol. The minimum Gasteiger partial charge on any atom is -0.484 e. The largest absolute Gasteiger partial charge is 0.484 e. The van der Waals surface area contributed by atoms with Crippen LogP contribution in [0.15, 0.2) is 23.2 Å². The summed E-state index contributed by atoms with van der Waals surface area (Å²) in [7, 11) is 1.89. The summed E-state index contributed by atoms with van der Waals surface area (Å²) in [5, 5.41) is 14.9. The number of guanidine groups is 1. The average Bonchev–Trinajstić information content (AvgIpc) is 3.33. The van der Waals surface area contributed by atoms with Crippen molar-refractivity contribution in [3.05, 3.63) is 41.0 Å². The Hall–Kier alpha value is -2.05. The number of aromatic nitrogens is 3. The van der Waals surface area contributed by atoms with Gasteiger partial charge in [0.25, 0.3) is 0 Å². The molecule has 1 aliphatic rings. The summed E-state index contributed by atoms with van der Waals surface area (Å²) in [4.78, 5) is 4.62. The molecule has 0 bridgehead atoms. The van der Waals surface area contributed by atoms with Crippen molar-refractivity contribution in [2.75, 3.05) is 6.61 Å². The minimum atomic E-state index is -4.39. The van der Waals surface area contributed by atoms with Gasteiger partial charge in [-0.2, -0.15) is 13.2 Å². The molecular weight excluding hydrogens is 536 g/mol. The van der Waals surface area contributed by atoms with E-state index < -0.39 is 12.8 Å². The van der Waals surface area contributed by atoms with E-state index in [0.717, 1.165) is 30.1 Å². The van der Waals surface area contributed by atoms with Gasteiger partial charge in [-0.3, -0.25) is 0 Å². The molecule has 1 saturated carbocycles. The van der Waals surface area contributed by atoms with Crippen LogP contribution < -0.4 is 15.4 Å². The second kappa shape index (κ2) is 11.7. The molecule has 0 amide bonds. The van der Waals surface area contributed by atoms with Crippen molar-refractivity contribution in [3.8, 4) is 5.75 Å². The SMILES string of the molecule is Cc1ccc(CN=C(NCc2nnc(C)n2C)NC2CCCC2)c(OCC(F)(F)F)c1.I. The van der Waals surface area contributed by atoms with Gasteiger partial charge in [0.05, 0.1) is 13.1 Å². The third-order valence-electron chi connectivity index (χ3n) is 5.31. The Morgan fingerprint density at radius 2 is 1.94 bits per heavy atom. The normalized spacial score (nSPS) is 14.9. The Bertz CT molecular complexity index is 909. The number of aryl methyl sites for hydroxylation is 2. The van der Waals surface area contributed by atoms with E-state index in [-0.39, 0.29) is 36.3 Å². The van der Waals surface area contributed by atoms with E-state index in [9.17, 15) is 13.2 Å². The van der Waals surface area contributed by atoms with Crippen molar-refractivity contribution in [2.45, 2.75) is 64.8 Å². The fourth-order valence-electron chi connectivity index (χ4n) is 3.43. The van der Waals surface area contributed by atoms with E-state index in [1.807, 2.05) is 31.5 Å². The van der Waals surface area contributed by atoms with Crippen LogP contribution in [-0.2, 0) is 20.1 Å². The molecule has 0 aliphatic heterocycles. The molecule has 32 heavy (non-hydrogen) atoms. The third-order valence-corrected chi connectivity index (χ3v) is 5.31. The molecule has 178 valence electrons. The number of hydrogen-bond acceptors (Lipinski definition) is 4. The van der Waals surface area contributed by atoms with Crippen molar-refractivity contribution in [1.82, 2.24) is 25.4 Å². The van der Waals surface area contributed by atoms with E-state index in [1.54, 1.807) is 12.1 Å². The number of nitrogens with one attached hydrogen (secondary N) is 2. The second-order valence-electron chi connectivity index (χ2n) is 7.88. The van der Waals surface area contributed by atoms with Crippen LogP contribution in [-0.4, -0.2) is 39.5 Å². The van der Waals surface area contributed by atoms with Gasteiger partial charge in [0.15, 0.2) is 18.4 Å². The summed E-state index contributed by atoms with van der Waals surface area (Å²) >= 11 is 0. The van der Waals surface area contributed by atoms with Gasteiger partial charge in [0.1, 0.15) is 11.6 Å². The highest BCUT2D eigenvalue weighted by molar-refractivity contribution is 14.0. The van der Waals surface area contributed by atoms with Gasteiger partial charge < -0.3 is 19.9 Å². The average molecular weight is 566 g/mol. The first-order chi connectivity index (χ1) is 14.7. The lowest BCUT2D eigenvalue weighted by Crippen LogP contribution is -2.42. The number of alkyl halides is 3. The van der Waals surface area contributed by atoms with Crippen LogP contribution in [0.25, 0.3) is 0 Å². The maximum atomic E-state index is 12.6.